The molecule has 104 valence electrons. The molecule has 0 aliphatic rings. The highest BCUT2D eigenvalue weighted by molar-refractivity contribution is 7.89. The first kappa shape index (κ1) is 14.3. The SMILES string of the molecule is CNCc1ccc(S(=O)(=O)NCc2cscc2C)o1. The van der Waals surface area contributed by atoms with Crippen LogP contribution in [0.25, 0.3) is 0 Å². The lowest BCUT2D eigenvalue weighted by molar-refractivity contribution is 0.404. The number of rotatable bonds is 6. The van der Waals surface area contributed by atoms with Gasteiger partial charge < -0.3 is 9.73 Å². The van der Waals surface area contributed by atoms with Crippen molar-refractivity contribution in [1.29, 1.82) is 0 Å². The lowest BCUT2D eigenvalue weighted by Crippen LogP contribution is -2.22. The van der Waals surface area contributed by atoms with Gasteiger partial charge in [-0.05, 0) is 48.0 Å². The molecule has 7 heteroatoms. The van der Waals surface area contributed by atoms with E-state index < -0.39 is 10.0 Å². The zero-order chi connectivity index (χ0) is 13.9. The Kier molecular flexibility index (Phi) is 4.41. The van der Waals surface area contributed by atoms with Gasteiger partial charge in [0.15, 0.2) is 0 Å². The number of aryl methyl sites for hydroxylation is 1. The van der Waals surface area contributed by atoms with E-state index in [1.807, 2.05) is 17.7 Å². The average Bonchev–Trinajstić information content (AvgIpc) is 2.97. The molecule has 0 saturated carbocycles. The average molecular weight is 300 g/mol. The number of nitrogens with one attached hydrogen (secondary N) is 2. The van der Waals surface area contributed by atoms with Crippen LogP contribution in [0.3, 0.4) is 0 Å². The molecule has 0 spiro atoms. The first-order valence-corrected chi connectivity index (χ1v) is 8.20. The number of hydrogen-bond donors (Lipinski definition) is 2. The van der Waals surface area contributed by atoms with E-state index >= 15 is 0 Å². The van der Waals surface area contributed by atoms with Crippen LogP contribution in [0.4, 0.5) is 0 Å². The fraction of sp³-hybridized carbons (Fsp3) is 0.333. The maximum absolute atomic E-state index is 12.0. The molecule has 2 rings (SSSR count). The third kappa shape index (κ3) is 3.44. The smallest absolute Gasteiger partial charge is 0.274 e. The molecule has 0 bridgehead atoms. The Morgan fingerprint density at radius 2 is 2.05 bits per heavy atom. The molecular formula is C12H16N2O3S2. The Morgan fingerprint density at radius 3 is 2.68 bits per heavy atom. The first-order valence-electron chi connectivity index (χ1n) is 5.77. The minimum atomic E-state index is -3.59. The minimum Gasteiger partial charge on any atom is -0.447 e. The van der Waals surface area contributed by atoms with E-state index in [0.29, 0.717) is 12.3 Å². The van der Waals surface area contributed by atoms with Crippen LogP contribution in [0.2, 0.25) is 0 Å². The summed E-state index contributed by atoms with van der Waals surface area (Å²) >= 11 is 1.56. The molecule has 2 N–H and O–H groups in total. The lowest BCUT2D eigenvalue weighted by atomic mass is 10.2. The van der Waals surface area contributed by atoms with Crippen LogP contribution in [0.15, 0.2) is 32.4 Å². The fourth-order valence-electron chi connectivity index (χ4n) is 1.58. The van der Waals surface area contributed by atoms with Crippen molar-refractivity contribution < 1.29 is 12.8 Å². The van der Waals surface area contributed by atoms with Crippen LogP contribution >= 0.6 is 11.3 Å². The Hall–Kier alpha value is -1.15. The third-order valence-corrected chi connectivity index (χ3v) is 4.85. The highest BCUT2D eigenvalue weighted by Crippen LogP contribution is 2.16. The van der Waals surface area contributed by atoms with Gasteiger partial charge in [-0.15, -0.1) is 0 Å². The Labute approximate surface area is 116 Å². The molecule has 0 saturated heterocycles. The summed E-state index contributed by atoms with van der Waals surface area (Å²) in [6.45, 7) is 2.73. The summed E-state index contributed by atoms with van der Waals surface area (Å²) in [5.41, 5.74) is 2.07. The van der Waals surface area contributed by atoms with Crippen LogP contribution in [0.1, 0.15) is 16.9 Å². The fourth-order valence-corrected chi connectivity index (χ4v) is 3.39. The molecule has 0 aliphatic heterocycles. The van der Waals surface area contributed by atoms with Crippen molar-refractivity contribution in [2.45, 2.75) is 25.1 Å². The molecule has 0 aliphatic carbocycles. The normalized spacial score (nSPS) is 11.9. The molecule has 2 aromatic heterocycles. The van der Waals surface area contributed by atoms with Crippen molar-refractivity contribution in [2.24, 2.45) is 0 Å². The largest absolute Gasteiger partial charge is 0.447 e. The van der Waals surface area contributed by atoms with E-state index in [0.717, 1.165) is 11.1 Å². The molecule has 19 heavy (non-hydrogen) atoms. The van der Waals surface area contributed by atoms with Gasteiger partial charge in [0.05, 0.1) is 6.54 Å². The van der Waals surface area contributed by atoms with Crippen molar-refractivity contribution in [3.8, 4) is 0 Å². The van der Waals surface area contributed by atoms with Gasteiger partial charge in [-0.3, -0.25) is 0 Å². The minimum absolute atomic E-state index is 0.0503. The molecule has 2 heterocycles. The molecular weight excluding hydrogens is 284 g/mol. The standard InChI is InChI=1S/C12H16N2O3S2/c1-9-7-18-8-10(9)5-14-19(15,16)12-4-3-11(17-12)6-13-2/h3-4,7-8,13-14H,5-6H2,1-2H3. The summed E-state index contributed by atoms with van der Waals surface area (Å²) in [7, 11) is -1.82. The monoisotopic (exact) mass is 300 g/mol. The molecule has 0 amide bonds. The maximum atomic E-state index is 12.0. The molecule has 0 fully saturated rings. The van der Waals surface area contributed by atoms with Gasteiger partial charge in [0.2, 0.25) is 5.09 Å². The lowest BCUT2D eigenvalue weighted by Gasteiger charge is -2.04. The number of sulfonamides is 1. The highest BCUT2D eigenvalue weighted by Gasteiger charge is 2.18. The Morgan fingerprint density at radius 1 is 1.26 bits per heavy atom. The zero-order valence-corrected chi connectivity index (χ0v) is 12.4. The summed E-state index contributed by atoms with van der Waals surface area (Å²) in [4.78, 5) is 0. The number of furan rings is 1. The molecule has 2 aromatic rings. The van der Waals surface area contributed by atoms with Crippen molar-refractivity contribution in [3.05, 3.63) is 39.8 Å². The van der Waals surface area contributed by atoms with Gasteiger partial charge in [0.1, 0.15) is 5.76 Å². The number of hydrogen-bond acceptors (Lipinski definition) is 5. The van der Waals surface area contributed by atoms with Gasteiger partial charge in [0.25, 0.3) is 10.0 Å². The molecule has 0 radical (unpaired) electrons. The van der Waals surface area contributed by atoms with E-state index in [-0.39, 0.29) is 11.6 Å². The van der Waals surface area contributed by atoms with Gasteiger partial charge in [-0.1, -0.05) is 0 Å². The van der Waals surface area contributed by atoms with Crippen LogP contribution < -0.4 is 10.0 Å². The summed E-state index contributed by atoms with van der Waals surface area (Å²) in [5.74, 6) is 0.592. The Bertz CT molecular complexity index is 643. The van der Waals surface area contributed by atoms with Crippen molar-refractivity contribution in [1.82, 2.24) is 10.0 Å². The summed E-state index contributed by atoms with van der Waals surface area (Å²) in [6.07, 6.45) is 0. The second-order valence-electron chi connectivity index (χ2n) is 4.16. The maximum Gasteiger partial charge on any atom is 0.274 e. The van der Waals surface area contributed by atoms with Gasteiger partial charge in [-0.25, -0.2) is 13.1 Å². The molecule has 0 atom stereocenters. The highest BCUT2D eigenvalue weighted by atomic mass is 32.2. The van der Waals surface area contributed by atoms with Crippen molar-refractivity contribution in [3.63, 3.8) is 0 Å². The second kappa shape index (κ2) is 5.87. The quantitative estimate of drug-likeness (QED) is 0.854. The van der Waals surface area contributed by atoms with Crippen molar-refractivity contribution in [2.75, 3.05) is 7.05 Å². The van der Waals surface area contributed by atoms with Gasteiger partial charge in [0, 0.05) is 6.54 Å². The first-order chi connectivity index (χ1) is 9.03. The van der Waals surface area contributed by atoms with Crippen LogP contribution in [0, 0.1) is 6.92 Å². The van der Waals surface area contributed by atoms with E-state index in [9.17, 15) is 8.42 Å². The Balaban J connectivity index is 2.07. The van der Waals surface area contributed by atoms with Gasteiger partial charge >= 0.3 is 0 Å². The van der Waals surface area contributed by atoms with E-state index in [2.05, 4.69) is 10.0 Å². The predicted molar refractivity (Wildman–Crippen MR) is 74.6 cm³/mol. The second-order valence-corrected chi connectivity index (χ2v) is 6.60. The van der Waals surface area contributed by atoms with Crippen LogP contribution in [0.5, 0.6) is 0 Å². The summed E-state index contributed by atoms with van der Waals surface area (Å²) in [5, 5.41) is 6.78. The third-order valence-electron chi connectivity index (χ3n) is 2.67. The summed E-state index contributed by atoms with van der Waals surface area (Å²) in [6, 6.07) is 3.12. The van der Waals surface area contributed by atoms with E-state index in [1.54, 1.807) is 24.5 Å². The number of thiophene rings is 1. The molecule has 5 nitrogen and oxygen atoms in total. The zero-order valence-electron chi connectivity index (χ0n) is 10.8. The van der Waals surface area contributed by atoms with Crippen molar-refractivity contribution >= 4 is 21.4 Å². The molecule has 0 aromatic carbocycles. The van der Waals surface area contributed by atoms with E-state index in [1.165, 1.54) is 6.07 Å². The van der Waals surface area contributed by atoms with Crippen LogP contribution in [-0.2, 0) is 23.1 Å². The van der Waals surface area contributed by atoms with Gasteiger partial charge in [-0.2, -0.15) is 11.3 Å². The topological polar surface area (TPSA) is 71.3 Å². The van der Waals surface area contributed by atoms with E-state index in [4.69, 9.17) is 4.42 Å². The molecule has 0 unspecified atom stereocenters. The van der Waals surface area contributed by atoms with Crippen LogP contribution in [-0.4, -0.2) is 15.5 Å². The summed E-state index contributed by atoms with van der Waals surface area (Å²) < 4.78 is 31.9. The predicted octanol–water partition coefficient (Wildman–Crippen LogP) is 1.85.